The molecular formula is C22H24N6O3S3. The Labute approximate surface area is 205 Å². The van der Waals surface area contributed by atoms with E-state index in [0.29, 0.717) is 16.8 Å². The number of aromatic nitrogens is 4. The summed E-state index contributed by atoms with van der Waals surface area (Å²) in [5.41, 5.74) is 2.66. The first-order chi connectivity index (χ1) is 16.2. The second-order valence-electron chi connectivity index (χ2n) is 8.60. The fraction of sp³-hybridized carbons (Fsp3) is 0.364. The Morgan fingerprint density at radius 3 is 2.76 bits per heavy atom. The van der Waals surface area contributed by atoms with Gasteiger partial charge in [-0.05, 0) is 55.0 Å². The average Bonchev–Trinajstić information content (AvgIpc) is 3.38. The van der Waals surface area contributed by atoms with E-state index in [2.05, 4.69) is 27.4 Å². The maximum Gasteiger partial charge on any atom is 0.242 e. The zero-order valence-electron chi connectivity index (χ0n) is 19.0. The average molecular weight is 517 g/mol. The van der Waals surface area contributed by atoms with Crippen LogP contribution < -0.4 is 5.32 Å². The van der Waals surface area contributed by atoms with Crippen LogP contribution >= 0.6 is 23.1 Å². The van der Waals surface area contributed by atoms with E-state index in [1.54, 1.807) is 29.8 Å². The van der Waals surface area contributed by atoms with E-state index in [1.807, 2.05) is 4.40 Å². The molecular weight excluding hydrogens is 492 g/mol. The summed E-state index contributed by atoms with van der Waals surface area (Å²) in [4.78, 5) is 19.7. The minimum atomic E-state index is -3.51. The van der Waals surface area contributed by atoms with E-state index in [-0.39, 0.29) is 16.6 Å². The lowest BCUT2D eigenvalue weighted by atomic mass is 9.89. The van der Waals surface area contributed by atoms with Crippen molar-refractivity contribution in [3.8, 4) is 0 Å². The smallest absolute Gasteiger partial charge is 0.242 e. The molecule has 0 saturated carbocycles. The third-order valence-corrected chi connectivity index (χ3v) is 9.86. The van der Waals surface area contributed by atoms with Gasteiger partial charge >= 0.3 is 0 Å². The van der Waals surface area contributed by atoms with Crippen LogP contribution in [0.25, 0.3) is 15.9 Å². The lowest BCUT2D eigenvalue weighted by molar-refractivity contribution is -0.113. The number of hydrogen-bond acceptors (Lipinski definition) is 8. The van der Waals surface area contributed by atoms with Crippen LogP contribution in [0.1, 0.15) is 23.8 Å². The Kier molecular flexibility index (Phi) is 6.09. The molecule has 0 saturated heterocycles. The summed E-state index contributed by atoms with van der Waals surface area (Å²) in [6, 6.07) is 6.10. The summed E-state index contributed by atoms with van der Waals surface area (Å²) in [6.45, 7) is 2.28. The van der Waals surface area contributed by atoms with E-state index in [4.69, 9.17) is 0 Å². The SMILES string of the molecule is CC1CCc2c(sc3ncn4c(SCC(=O)Nc5ccc(S(=O)(=O)N(C)C)cc5)nnc4c23)C1. The number of hydrogen-bond donors (Lipinski definition) is 1. The van der Waals surface area contributed by atoms with Crippen LogP contribution in [0.3, 0.4) is 0 Å². The predicted molar refractivity (Wildman–Crippen MR) is 134 cm³/mol. The van der Waals surface area contributed by atoms with Crippen molar-refractivity contribution in [3.05, 3.63) is 41.0 Å². The number of carbonyl (C=O) groups is 1. The molecule has 0 bridgehead atoms. The quantitative estimate of drug-likeness (QED) is 0.391. The molecule has 1 amide bonds. The number of anilines is 1. The number of fused-ring (bicyclic) bond motifs is 5. The highest BCUT2D eigenvalue weighted by atomic mass is 32.2. The Hall–Kier alpha value is -2.54. The van der Waals surface area contributed by atoms with Gasteiger partial charge in [-0.25, -0.2) is 17.7 Å². The van der Waals surface area contributed by atoms with Crippen LogP contribution in [0.5, 0.6) is 0 Å². The van der Waals surface area contributed by atoms with E-state index in [1.165, 1.54) is 48.4 Å². The topological polar surface area (TPSA) is 110 Å². The highest BCUT2D eigenvalue weighted by Gasteiger charge is 2.24. The van der Waals surface area contributed by atoms with Gasteiger partial charge in [0.1, 0.15) is 11.2 Å². The van der Waals surface area contributed by atoms with Crippen molar-refractivity contribution in [1.29, 1.82) is 0 Å². The molecule has 0 spiro atoms. The van der Waals surface area contributed by atoms with Crippen LogP contribution in [0.4, 0.5) is 5.69 Å². The summed E-state index contributed by atoms with van der Waals surface area (Å²) in [6.07, 6.45) is 5.01. The molecule has 4 aromatic rings. The molecule has 9 nitrogen and oxygen atoms in total. The number of aryl methyl sites for hydroxylation is 1. The van der Waals surface area contributed by atoms with Gasteiger partial charge in [-0.1, -0.05) is 18.7 Å². The first-order valence-electron chi connectivity index (χ1n) is 10.8. The zero-order chi connectivity index (χ0) is 24.0. The second-order valence-corrected chi connectivity index (χ2v) is 12.8. The molecule has 0 fully saturated rings. The maximum absolute atomic E-state index is 12.5. The molecule has 1 N–H and O–H groups in total. The maximum atomic E-state index is 12.5. The van der Waals surface area contributed by atoms with Crippen molar-refractivity contribution >= 4 is 60.6 Å². The molecule has 34 heavy (non-hydrogen) atoms. The van der Waals surface area contributed by atoms with Gasteiger partial charge in [0.05, 0.1) is 16.0 Å². The molecule has 1 aliphatic rings. The molecule has 1 aliphatic carbocycles. The molecule has 178 valence electrons. The number of nitrogens with zero attached hydrogens (tertiary/aromatic N) is 5. The van der Waals surface area contributed by atoms with Crippen molar-refractivity contribution < 1.29 is 13.2 Å². The fourth-order valence-corrected chi connectivity index (χ4v) is 7.02. The zero-order valence-corrected chi connectivity index (χ0v) is 21.4. The molecule has 1 aromatic carbocycles. The van der Waals surface area contributed by atoms with Gasteiger partial charge in [-0.2, -0.15) is 0 Å². The number of thiophene rings is 1. The van der Waals surface area contributed by atoms with E-state index in [0.717, 1.165) is 39.4 Å². The summed E-state index contributed by atoms with van der Waals surface area (Å²) < 4.78 is 27.4. The Bertz CT molecular complexity index is 1490. The number of sulfonamides is 1. The van der Waals surface area contributed by atoms with Gasteiger partial charge in [-0.3, -0.25) is 9.20 Å². The molecule has 12 heteroatoms. The monoisotopic (exact) mass is 516 g/mol. The van der Waals surface area contributed by atoms with Gasteiger partial charge in [0.2, 0.25) is 15.9 Å². The fourth-order valence-electron chi connectivity index (χ4n) is 4.07. The van der Waals surface area contributed by atoms with E-state index >= 15 is 0 Å². The molecule has 0 radical (unpaired) electrons. The number of rotatable bonds is 6. The molecule has 1 unspecified atom stereocenters. The number of amides is 1. The van der Waals surface area contributed by atoms with Crippen LogP contribution in [-0.2, 0) is 27.7 Å². The van der Waals surface area contributed by atoms with E-state index < -0.39 is 10.0 Å². The third-order valence-electron chi connectivity index (χ3n) is 5.92. The predicted octanol–water partition coefficient (Wildman–Crippen LogP) is 3.44. The standard InChI is InChI=1S/C22H24N6O3S3/c1-13-4-9-16-17(10-13)33-21-19(16)20-25-26-22(28(20)12-23-21)32-11-18(29)24-14-5-7-15(8-6-14)34(30,31)27(2)3/h5-8,12-13H,4,9-11H2,1-3H3,(H,24,29). The minimum Gasteiger partial charge on any atom is -0.325 e. The minimum absolute atomic E-state index is 0.135. The van der Waals surface area contributed by atoms with Crippen molar-refractivity contribution in [1.82, 2.24) is 23.9 Å². The highest BCUT2D eigenvalue weighted by molar-refractivity contribution is 7.99. The van der Waals surface area contributed by atoms with Crippen molar-refractivity contribution in [3.63, 3.8) is 0 Å². The van der Waals surface area contributed by atoms with Crippen molar-refractivity contribution in [2.45, 2.75) is 36.2 Å². The normalized spacial score (nSPS) is 16.3. The second kappa shape index (κ2) is 8.91. The summed E-state index contributed by atoms with van der Waals surface area (Å²) in [7, 11) is -0.556. The number of benzene rings is 1. The van der Waals surface area contributed by atoms with E-state index in [9.17, 15) is 13.2 Å². The summed E-state index contributed by atoms with van der Waals surface area (Å²) >= 11 is 3.03. The molecule has 3 heterocycles. The molecule has 3 aromatic heterocycles. The lowest BCUT2D eigenvalue weighted by Crippen LogP contribution is -2.22. The number of thioether (sulfide) groups is 1. The lowest BCUT2D eigenvalue weighted by Gasteiger charge is -2.17. The largest absolute Gasteiger partial charge is 0.325 e. The third kappa shape index (κ3) is 4.19. The first kappa shape index (κ1) is 23.2. The van der Waals surface area contributed by atoms with Gasteiger partial charge in [0.15, 0.2) is 10.8 Å². The van der Waals surface area contributed by atoms with Gasteiger partial charge < -0.3 is 5.32 Å². The number of nitrogens with one attached hydrogen (secondary N) is 1. The molecule has 5 rings (SSSR count). The number of carbonyl (C=O) groups excluding carboxylic acids is 1. The molecule has 1 atom stereocenters. The Morgan fingerprint density at radius 2 is 2.03 bits per heavy atom. The Balaban J connectivity index is 1.30. The van der Waals surface area contributed by atoms with Gasteiger partial charge in [-0.15, -0.1) is 21.5 Å². The van der Waals surface area contributed by atoms with Gasteiger partial charge in [0, 0.05) is 24.7 Å². The van der Waals surface area contributed by atoms with Crippen molar-refractivity contribution in [2.75, 3.05) is 25.2 Å². The summed E-state index contributed by atoms with van der Waals surface area (Å²) in [5.74, 6) is 0.601. The van der Waals surface area contributed by atoms with Crippen LogP contribution in [0.2, 0.25) is 0 Å². The highest BCUT2D eigenvalue weighted by Crippen LogP contribution is 2.39. The first-order valence-corrected chi connectivity index (χ1v) is 14.1. The Morgan fingerprint density at radius 1 is 1.26 bits per heavy atom. The van der Waals surface area contributed by atoms with Gasteiger partial charge in [0.25, 0.3) is 0 Å². The molecule has 0 aliphatic heterocycles. The van der Waals surface area contributed by atoms with Crippen molar-refractivity contribution in [2.24, 2.45) is 5.92 Å². The van der Waals surface area contributed by atoms with Crippen LogP contribution in [0.15, 0.2) is 40.6 Å². The van der Waals surface area contributed by atoms with Crippen LogP contribution in [0, 0.1) is 5.92 Å². The van der Waals surface area contributed by atoms with Crippen LogP contribution in [-0.4, -0.2) is 58.1 Å². The summed E-state index contributed by atoms with van der Waals surface area (Å²) in [5, 5.41) is 13.2.